The molecule has 0 aromatic heterocycles. The molecule has 8 N–H and O–H groups in total. The number of carboxylic acid groups (broad SMARTS) is 1. The van der Waals surface area contributed by atoms with E-state index in [1.54, 1.807) is 47.8 Å². The van der Waals surface area contributed by atoms with Crippen LogP contribution in [0.15, 0.2) is 54.6 Å². The van der Waals surface area contributed by atoms with Crippen molar-refractivity contribution in [2.75, 3.05) is 26.6 Å². The van der Waals surface area contributed by atoms with E-state index in [0.29, 0.717) is 11.1 Å². The first-order chi connectivity index (χ1) is 20.7. The molecule has 0 bridgehead atoms. The maximum Gasteiger partial charge on any atom is 0.300 e. The van der Waals surface area contributed by atoms with Gasteiger partial charge in [0.05, 0.1) is 24.6 Å². The number of likely N-dealkylation sites (N-methyl/N-ethyl adjacent to an activating group) is 1. The van der Waals surface area contributed by atoms with Gasteiger partial charge in [0.15, 0.2) is 0 Å². The average molecular weight is 578 g/mol. The van der Waals surface area contributed by atoms with Crippen molar-refractivity contribution in [3.05, 3.63) is 65.7 Å². The van der Waals surface area contributed by atoms with Gasteiger partial charge in [-0.2, -0.15) is 0 Å². The van der Waals surface area contributed by atoms with Crippen LogP contribution >= 0.6 is 0 Å². The molecular weight excluding hydrogens is 534 g/mol. The zero-order valence-corrected chi connectivity index (χ0v) is 23.0. The van der Waals surface area contributed by atoms with Gasteiger partial charge in [0.2, 0.25) is 23.6 Å². The lowest BCUT2D eigenvalue weighted by Crippen LogP contribution is -2.54. The number of carbonyl (C=O) groups is 5. The van der Waals surface area contributed by atoms with Crippen LogP contribution in [0, 0.1) is 0 Å². The number of rotatable bonds is 13. The molecule has 13 nitrogen and oxygen atoms in total. The lowest BCUT2D eigenvalue weighted by molar-refractivity contribution is -0.139. The molecule has 0 heterocycles. The largest absolute Gasteiger partial charge is 0.508 e. The third-order valence-corrected chi connectivity index (χ3v) is 5.57. The summed E-state index contributed by atoms with van der Waals surface area (Å²) in [6.45, 7) is -4.65. The quantitative estimate of drug-likeness (QED) is 0.158. The molecule has 3 atom stereocenters. The summed E-state index contributed by atoms with van der Waals surface area (Å²) in [5.41, 5.74) is 7.24. The monoisotopic (exact) mass is 577 g/mol. The van der Waals surface area contributed by atoms with Crippen molar-refractivity contribution in [1.82, 2.24) is 20.9 Å². The highest BCUT2D eigenvalue weighted by Gasteiger charge is 2.28. The van der Waals surface area contributed by atoms with Crippen LogP contribution in [-0.4, -0.2) is 94.6 Å². The summed E-state index contributed by atoms with van der Waals surface area (Å²) in [5.74, 6) is -3.88. The van der Waals surface area contributed by atoms with Gasteiger partial charge in [-0.25, -0.2) is 0 Å². The van der Waals surface area contributed by atoms with Crippen molar-refractivity contribution in [2.45, 2.75) is 44.8 Å². The normalized spacial score (nSPS) is 14.6. The number of nitrogens with two attached hydrogens (primary N) is 1. The molecule has 0 spiro atoms. The van der Waals surface area contributed by atoms with Crippen molar-refractivity contribution >= 4 is 29.6 Å². The maximum absolute atomic E-state index is 13.0. The molecule has 4 amide bonds. The van der Waals surface area contributed by atoms with Crippen molar-refractivity contribution in [3.63, 3.8) is 0 Å². The minimum absolute atomic E-state index is 0.0677. The van der Waals surface area contributed by atoms with Gasteiger partial charge in [-0.1, -0.05) is 42.5 Å². The molecule has 0 aliphatic heterocycles. The lowest BCUT2D eigenvalue weighted by atomic mass is 10.0. The topological polar surface area (TPSA) is 211 Å². The number of aromatic hydroxyl groups is 1. The summed E-state index contributed by atoms with van der Waals surface area (Å²) in [6, 6.07) is 11.3. The summed E-state index contributed by atoms with van der Waals surface area (Å²) >= 11 is 0. The van der Waals surface area contributed by atoms with Gasteiger partial charge in [-0.05, 0) is 36.6 Å². The Morgan fingerprint density at radius 3 is 2.05 bits per heavy atom. The standard InChI is InChI=1S/C26H35N5O6.C2H4O2/c1-17(30-25(36)21(27)14-19-8-10-20(33)11-9-19)24(35)29-16-23(34)31(2)22(26(37)28-12-13-32)15-18-6-4-3-5-7-18;1-2(3)4/h3-11,17,21-22,32-33H,12-16,27H2,1-2H3,(H,28,37)(H,29,35)(H,30,36);1H3,(H,3,4)/t17-,21+,22+;/m1./s1/i12D2,13D2;. The van der Waals surface area contributed by atoms with Crippen LogP contribution in [0.3, 0.4) is 0 Å². The average Bonchev–Trinajstić information content (AvgIpc) is 2.94. The summed E-state index contributed by atoms with van der Waals surface area (Å²) in [5, 5.41) is 32.9. The van der Waals surface area contributed by atoms with E-state index in [1.807, 2.05) is 0 Å². The molecule has 0 fully saturated rings. The van der Waals surface area contributed by atoms with Gasteiger partial charge < -0.3 is 41.9 Å². The Morgan fingerprint density at radius 2 is 1.49 bits per heavy atom. The highest BCUT2D eigenvalue weighted by Crippen LogP contribution is 2.11. The van der Waals surface area contributed by atoms with E-state index in [4.69, 9.17) is 21.1 Å². The van der Waals surface area contributed by atoms with Gasteiger partial charge in [-0.15, -0.1) is 0 Å². The van der Waals surface area contributed by atoms with Crippen molar-refractivity contribution in [3.8, 4) is 5.75 Å². The molecule has 2 rings (SSSR count). The summed E-state index contributed by atoms with van der Waals surface area (Å²) in [7, 11) is 1.26. The molecule has 0 saturated carbocycles. The second-order valence-electron chi connectivity index (χ2n) is 8.88. The van der Waals surface area contributed by atoms with Crippen LogP contribution in [0.2, 0.25) is 0 Å². The van der Waals surface area contributed by atoms with Crippen LogP contribution in [-0.2, 0) is 36.8 Å². The van der Waals surface area contributed by atoms with E-state index in [-0.39, 0.29) is 18.6 Å². The van der Waals surface area contributed by atoms with Crippen molar-refractivity contribution in [1.29, 1.82) is 0 Å². The van der Waals surface area contributed by atoms with Gasteiger partial charge >= 0.3 is 0 Å². The number of carboxylic acids is 1. The lowest BCUT2D eigenvalue weighted by Gasteiger charge is -2.28. The molecule has 41 heavy (non-hydrogen) atoms. The Balaban J connectivity index is 0.00000238. The number of phenols is 1. The first-order valence-corrected chi connectivity index (χ1v) is 12.4. The van der Waals surface area contributed by atoms with Crippen LogP contribution < -0.4 is 21.7 Å². The third kappa shape index (κ3) is 13.4. The van der Waals surface area contributed by atoms with Gasteiger partial charge in [0.25, 0.3) is 5.97 Å². The van der Waals surface area contributed by atoms with E-state index in [2.05, 4.69) is 10.6 Å². The molecule has 0 unspecified atom stereocenters. The smallest absolute Gasteiger partial charge is 0.300 e. The van der Waals surface area contributed by atoms with Crippen molar-refractivity contribution < 1.29 is 44.8 Å². The van der Waals surface area contributed by atoms with E-state index in [1.165, 1.54) is 26.1 Å². The van der Waals surface area contributed by atoms with Crippen LogP contribution in [0.1, 0.15) is 30.5 Å². The first-order valence-electron chi connectivity index (χ1n) is 14.4. The number of amides is 4. The molecule has 0 aliphatic rings. The summed E-state index contributed by atoms with van der Waals surface area (Å²) < 4.78 is 29.8. The van der Waals surface area contributed by atoms with Gasteiger partial charge in [0.1, 0.15) is 17.8 Å². The van der Waals surface area contributed by atoms with Gasteiger partial charge in [0, 0.05) is 26.9 Å². The molecule has 2 aromatic rings. The van der Waals surface area contributed by atoms with E-state index < -0.39 is 67.3 Å². The Bertz CT molecular complexity index is 1310. The van der Waals surface area contributed by atoms with E-state index >= 15 is 0 Å². The highest BCUT2D eigenvalue weighted by molar-refractivity contribution is 5.93. The number of hydrogen-bond donors (Lipinski definition) is 7. The number of aliphatic hydroxyl groups is 1. The molecule has 0 radical (unpaired) electrons. The number of carbonyl (C=O) groups excluding carboxylic acids is 4. The summed E-state index contributed by atoms with van der Waals surface area (Å²) in [6.07, 6.45) is 0.0864. The highest BCUT2D eigenvalue weighted by atomic mass is 16.4. The number of phenolic OH excluding ortho intramolecular Hbond substituents is 1. The molecule has 0 aliphatic carbocycles. The minimum atomic E-state index is -3.40. The number of benzene rings is 2. The Labute approximate surface area is 244 Å². The number of hydrogen-bond acceptors (Lipinski definition) is 8. The maximum atomic E-state index is 13.0. The predicted molar refractivity (Wildman–Crippen MR) is 151 cm³/mol. The second-order valence-corrected chi connectivity index (χ2v) is 8.88. The number of aliphatic carboxylic acids is 1. The number of nitrogens with one attached hydrogen (secondary N) is 3. The molecule has 13 heteroatoms. The van der Waals surface area contributed by atoms with Crippen LogP contribution in [0.25, 0.3) is 0 Å². The molecule has 224 valence electrons. The third-order valence-electron chi connectivity index (χ3n) is 5.57. The molecular formula is C28H39N5O8. The van der Waals surface area contributed by atoms with E-state index in [0.717, 1.165) is 11.8 Å². The van der Waals surface area contributed by atoms with Crippen molar-refractivity contribution in [2.24, 2.45) is 5.73 Å². The Kier molecular flexibility index (Phi) is 12.3. The van der Waals surface area contributed by atoms with Crippen LogP contribution in [0.4, 0.5) is 0 Å². The SMILES string of the molecule is CC(=O)O.[2H]C([2H])(O)C([2H])([2H])NC(=O)[C@H](Cc1ccccc1)N(C)C(=O)CNC(=O)[C@@H](C)NC(=O)[C@@H](N)Cc1ccc(O)cc1. The Hall–Kier alpha value is -4.49. The van der Waals surface area contributed by atoms with Crippen LogP contribution in [0.5, 0.6) is 5.75 Å². The minimum Gasteiger partial charge on any atom is -0.508 e. The van der Waals surface area contributed by atoms with Gasteiger partial charge in [-0.3, -0.25) is 24.0 Å². The fourth-order valence-corrected chi connectivity index (χ4v) is 3.39. The molecule has 2 aromatic carbocycles. The summed E-state index contributed by atoms with van der Waals surface area (Å²) in [4.78, 5) is 60.8. The second kappa shape index (κ2) is 18.0. The zero-order valence-electron chi connectivity index (χ0n) is 27.0. The first kappa shape index (κ1) is 28.1. The Morgan fingerprint density at radius 1 is 0.927 bits per heavy atom. The molecule has 0 saturated heterocycles. The zero-order chi connectivity index (χ0) is 34.5. The van der Waals surface area contributed by atoms with E-state index in [9.17, 15) is 29.4 Å². The number of nitrogens with zero attached hydrogens (tertiary/aromatic N) is 1. The predicted octanol–water partition coefficient (Wildman–Crippen LogP) is -0.848. The fourth-order valence-electron chi connectivity index (χ4n) is 3.39. The fraction of sp³-hybridized carbons (Fsp3) is 0.393.